The summed E-state index contributed by atoms with van der Waals surface area (Å²) in [5.41, 5.74) is 4.69. The molecule has 0 atom stereocenters. The molecule has 0 aliphatic carbocycles. The second-order valence-corrected chi connectivity index (χ2v) is 5.83. The number of ketones is 1. The fourth-order valence-electron chi connectivity index (χ4n) is 2.83. The normalized spacial score (nSPS) is 11.1. The van der Waals surface area contributed by atoms with E-state index in [4.69, 9.17) is 9.40 Å². The Morgan fingerprint density at radius 2 is 1.88 bits per heavy atom. The van der Waals surface area contributed by atoms with Gasteiger partial charge in [-0.2, -0.15) is 0 Å². The van der Waals surface area contributed by atoms with Crippen molar-refractivity contribution >= 4 is 11.4 Å². The number of furan rings is 1. The van der Waals surface area contributed by atoms with Crippen LogP contribution in [0.25, 0.3) is 28.4 Å². The summed E-state index contributed by atoms with van der Waals surface area (Å²) in [7, 11) is 0. The van der Waals surface area contributed by atoms with Crippen molar-refractivity contribution in [1.29, 1.82) is 0 Å². The maximum atomic E-state index is 11.6. The van der Waals surface area contributed by atoms with Gasteiger partial charge in [0.2, 0.25) is 0 Å². The molecule has 0 unspecified atom stereocenters. The second kappa shape index (κ2) is 5.49. The molecule has 4 rings (SSSR count). The van der Waals surface area contributed by atoms with Crippen LogP contribution in [0.3, 0.4) is 0 Å². The first kappa shape index (κ1) is 14.5. The number of nitrogens with zero attached hydrogens (tertiary/aromatic N) is 2. The van der Waals surface area contributed by atoms with E-state index in [-0.39, 0.29) is 5.78 Å². The van der Waals surface area contributed by atoms with Gasteiger partial charge in [0.1, 0.15) is 17.0 Å². The van der Waals surface area contributed by atoms with Crippen LogP contribution in [0.4, 0.5) is 0 Å². The Bertz CT molecular complexity index is 1040. The van der Waals surface area contributed by atoms with E-state index < -0.39 is 0 Å². The second-order valence-electron chi connectivity index (χ2n) is 5.83. The van der Waals surface area contributed by atoms with Crippen molar-refractivity contribution in [3.05, 3.63) is 72.1 Å². The van der Waals surface area contributed by atoms with Gasteiger partial charge in [0.15, 0.2) is 17.3 Å². The molecule has 3 aromatic heterocycles. The van der Waals surface area contributed by atoms with E-state index in [0.29, 0.717) is 11.5 Å². The number of benzene rings is 1. The lowest BCUT2D eigenvalue weighted by molar-refractivity contribution is 0.0988. The molecule has 4 heteroatoms. The molecule has 0 saturated carbocycles. The van der Waals surface area contributed by atoms with Gasteiger partial charge in [-0.15, -0.1) is 0 Å². The Hall–Kier alpha value is -3.14. The summed E-state index contributed by atoms with van der Waals surface area (Å²) >= 11 is 0. The van der Waals surface area contributed by atoms with Crippen molar-refractivity contribution in [3.63, 3.8) is 0 Å². The molecular formula is C20H16N2O2. The van der Waals surface area contributed by atoms with Gasteiger partial charge in [-0.3, -0.25) is 9.20 Å². The molecule has 0 aliphatic rings. The predicted molar refractivity (Wildman–Crippen MR) is 93.1 cm³/mol. The molecule has 1 aromatic carbocycles. The van der Waals surface area contributed by atoms with Crippen LogP contribution >= 0.6 is 0 Å². The zero-order valence-corrected chi connectivity index (χ0v) is 13.5. The Morgan fingerprint density at radius 3 is 2.58 bits per heavy atom. The van der Waals surface area contributed by atoms with Crippen LogP contribution in [-0.2, 0) is 0 Å². The van der Waals surface area contributed by atoms with E-state index in [1.807, 2.05) is 66.1 Å². The average Bonchev–Trinajstić information content (AvgIpc) is 3.19. The zero-order chi connectivity index (χ0) is 16.7. The number of pyridine rings is 1. The Morgan fingerprint density at radius 1 is 1.08 bits per heavy atom. The lowest BCUT2D eigenvalue weighted by atomic mass is 10.1. The summed E-state index contributed by atoms with van der Waals surface area (Å²) in [6.07, 6.45) is 1.98. The molecule has 0 saturated heterocycles. The number of fused-ring (bicyclic) bond motifs is 1. The van der Waals surface area contributed by atoms with Crippen LogP contribution in [0.15, 0.2) is 65.2 Å². The van der Waals surface area contributed by atoms with Gasteiger partial charge in [-0.05, 0) is 36.8 Å². The summed E-state index contributed by atoms with van der Waals surface area (Å²) in [4.78, 5) is 16.4. The topological polar surface area (TPSA) is 47.5 Å². The van der Waals surface area contributed by atoms with Gasteiger partial charge >= 0.3 is 0 Å². The van der Waals surface area contributed by atoms with Gasteiger partial charge < -0.3 is 4.42 Å². The molecule has 0 radical (unpaired) electrons. The van der Waals surface area contributed by atoms with Crippen LogP contribution in [0.1, 0.15) is 23.0 Å². The summed E-state index contributed by atoms with van der Waals surface area (Å²) in [6, 6.07) is 17.6. The Labute approximate surface area is 139 Å². The minimum atomic E-state index is -0.0906. The van der Waals surface area contributed by atoms with Crippen molar-refractivity contribution in [2.75, 3.05) is 0 Å². The first-order valence-corrected chi connectivity index (χ1v) is 7.79. The van der Waals surface area contributed by atoms with Gasteiger partial charge in [-0.25, -0.2) is 4.98 Å². The molecule has 118 valence electrons. The van der Waals surface area contributed by atoms with Crippen molar-refractivity contribution in [1.82, 2.24) is 9.38 Å². The van der Waals surface area contributed by atoms with Crippen LogP contribution in [0.5, 0.6) is 0 Å². The minimum Gasteiger partial charge on any atom is -0.451 e. The highest BCUT2D eigenvalue weighted by Gasteiger charge is 2.19. The van der Waals surface area contributed by atoms with Crippen LogP contribution < -0.4 is 0 Å². The predicted octanol–water partition coefficient (Wildman–Crippen LogP) is 4.77. The molecule has 4 aromatic rings. The Balaban J connectivity index is 2.02. The fourth-order valence-corrected chi connectivity index (χ4v) is 2.83. The van der Waals surface area contributed by atoms with E-state index in [2.05, 4.69) is 0 Å². The monoisotopic (exact) mass is 316 g/mol. The van der Waals surface area contributed by atoms with Gasteiger partial charge in [0.25, 0.3) is 0 Å². The largest absolute Gasteiger partial charge is 0.451 e. The van der Waals surface area contributed by atoms with Crippen LogP contribution in [-0.4, -0.2) is 15.2 Å². The zero-order valence-electron chi connectivity index (χ0n) is 13.5. The van der Waals surface area contributed by atoms with Crippen molar-refractivity contribution in [2.45, 2.75) is 13.8 Å². The summed E-state index contributed by atoms with van der Waals surface area (Å²) in [5.74, 6) is 0.897. The van der Waals surface area contributed by atoms with E-state index in [1.54, 1.807) is 6.07 Å². The van der Waals surface area contributed by atoms with Crippen molar-refractivity contribution in [2.24, 2.45) is 0 Å². The number of rotatable bonds is 3. The highest BCUT2D eigenvalue weighted by molar-refractivity contribution is 5.92. The first-order valence-electron chi connectivity index (χ1n) is 7.79. The van der Waals surface area contributed by atoms with E-state index >= 15 is 0 Å². The maximum absolute atomic E-state index is 11.6. The van der Waals surface area contributed by atoms with E-state index in [9.17, 15) is 4.79 Å². The highest BCUT2D eigenvalue weighted by atomic mass is 16.3. The smallest absolute Gasteiger partial charge is 0.194 e. The van der Waals surface area contributed by atoms with Gasteiger partial charge in [-0.1, -0.05) is 30.3 Å². The molecule has 0 fully saturated rings. The Kier molecular flexibility index (Phi) is 3.31. The van der Waals surface area contributed by atoms with Crippen molar-refractivity contribution in [3.8, 4) is 22.7 Å². The maximum Gasteiger partial charge on any atom is 0.194 e. The van der Waals surface area contributed by atoms with Crippen molar-refractivity contribution < 1.29 is 9.21 Å². The molecule has 0 amide bonds. The minimum absolute atomic E-state index is 0.0906. The number of carbonyl (C=O) groups is 1. The number of aryl methyl sites for hydroxylation is 1. The highest BCUT2D eigenvalue weighted by Crippen LogP contribution is 2.34. The SMILES string of the molecule is CC(=O)c1ccc(-c2c(-c3ccccc3)nc3cc(C)ccn23)o1. The van der Waals surface area contributed by atoms with E-state index in [0.717, 1.165) is 28.2 Å². The number of Topliss-reactive ketones (excluding diaryl/α,β-unsaturated/α-hetero) is 1. The number of aromatic nitrogens is 2. The standard InChI is InChI=1S/C20H16N2O2/c1-13-10-11-22-18(12-13)21-19(15-6-4-3-5-7-15)20(22)17-9-8-16(24-17)14(2)23/h3-12H,1-2H3. The average molecular weight is 316 g/mol. The number of carbonyl (C=O) groups excluding carboxylic acids is 1. The number of hydrogen-bond donors (Lipinski definition) is 0. The lowest BCUT2D eigenvalue weighted by Gasteiger charge is -2.03. The fraction of sp³-hybridized carbons (Fsp3) is 0.100. The van der Waals surface area contributed by atoms with Crippen LogP contribution in [0, 0.1) is 6.92 Å². The third kappa shape index (κ3) is 2.33. The van der Waals surface area contributed by atoms with Gasteiger partial charge in [0, 0.05) is 18.7 Å². The molecular weight excluding hydrogens is 300 g/mol. The number of hydrogen-bond acceptors (Lipinski definition) is 3. The molecule has 0 bridgehead atoms. The van der Waals surface area contributed by atoms with Gasteiger partial charge in [0.05, 0.1) is 0 Å². The third-order valence-corrected chi connectivity index (χ3v) is 4.02. The summed E-state index contributed by atoms with van der Waals surface area (Å²) in [5, 5.41) is 0. The lowest BCUT2D eigenvalue weighted by Crippen LogP contribution is -1.90. The quantitative estimate of drug-likeness (QED) is 0.511. The summed E-state index contributed by atoms with van der Waals surface area (Å²) in [6.45, 7) is 3.54. The first-order chi connectivity index (χ1) is 11.6. The summed E-state index contributed by atoms with van der Waals surface area (Å²) < 4.78 is 7.78. The molecule has 0 spiro atoms. The van der Waals surface area contributed by atoms with Crippen LogP contribution in [0.2, 0.25) is 0 Å². The molecule has 3 heterocycles. The molecule has 0 aliphatic heterocycles. The third-order valence-electron chi connectivity index (χ3n) is 4.02. The number of imidazole rings is 1. The molecule has 24 heavy (non-hydrogen) atoms. The molecule has 0 N–H and O–H groups in total. The molecule has 4 nitrogen and oxygen atoms in total. The van der Waals surface area contributed by atoms with E-state index in [1.165, 1.54) is 6.92 Å².